The maximum Gasteiger partial charge on any atom is 0.306 e. The van der Waals surface area contributed by atoms with E-state index >= 15 is 9.18 Å². The van der Waals surface area contributed by atoms with Gasteiger partial charge < -0.3 is 42.8 Å². The topological polar surface area (TPSA) is 142 Å². The molecule has 15 heteroatoms. The van der Waals surface area contributed by atoms with Gasteiger partial charge in [-0.3, -0.25) is 9.59 Å². The second-order valence-corrected chi connectivity index (χ2v) is 21.1. The molecule has 382 valence electrons. The van der Waals surface area contributed by atoms with Gasteiger partial charge in [0.05, 0.1) is 43.1 Å². The highest BCUT2D eigenvalue weighted by molar-refractivity contribution is 5.99. The predicted octanol–water partition coefficient (Wildman–Crippen LogP) is 8.44. The highest BCUT2D eigenvalue weighted by Crippen LogP contribution is 2.61. The summed E-state index contributed by atoms with van der Waals surface area (Å²) in [5.41, 5.74) is 4.15. The van der Waals surface area contributed by atoms with Gasteiger partial charge >= 0.3 is 5.97 Å². The quantitative estimate of drug-likeness (QED) is 0.161. The summed E-state index contributed by atoms with van der Waals surface area (Å²) in [4.78, 5) is 31.5. The number of Topliss-reactive ketones (excluding diaryl/α,β-unsaturated/α-hetero) is 1. The molecule has 3 saturated heterocycles. The van der Waals surface area contributed by atoms with Gasteiger partial charge in [-0.15, -0.1) is 5.10 Å². The Morgan fingerprint density at radius 3 is 2.19 bits per heavy atom. The molecule has 6 aliphatic rings. The number of ketones is 1. The number of nitrogens with zero attached hydrogens (tertiary/aromatic N) is 4. The van der Waals surface area contributed by atoms with E-state index in [4.69, 9.17) is 37.9 Å². The van der Waals surface area contributed by atoms with E-state index in [1.54, 1.807) is 26.0 Å². The number of cyclic esters (lactones) is 1. The molecule has 0 radical (unpaired) electrons. The SMILES string of the molecule is CC[C@H]1CCC[C@H](O[C@H]2CC[C@H](N(C)C)C(C)O2)[C@@H](C)C(=O)C2=C[C@H]3[C@@H]4C[C@H](O[C@@H]5OC(C)[C@H](OC)C(OC)[C@@H]5OC)C[C@H]4C(n4cc(-c5ccc(-c6ccccc6)cc5)nn4)[C@@H](F)[C@H]3[C@@H]2CC(=O)O1. The van der Waals surface area contributed by atoms with Crippen molar-refractivity contribution in [3.05, 3.63) is 72.4 Å². The zero-order valence-electron chi connectivity index (χ0n) is 42.4. The summed E-state index contributed by atoms with van der Waals surface area (Å²) in [5, 5.41) is 9.31. The number of methoxy groups -OCH3 is 3. The maximum absolute atomic E-state index is 18.5. The molecule has 1 aromatic heterocycles. The number of aromatic nitrogens is 3. The van der Waals surface area contributed by atoms with Gasteiger partial charge in [0.2, 0.25) is 0 Å². The van der Waals surface area contributed by atoms with E-state index in [0.29, 0.717) is 56.2 Å². The number of fused-ring (bicyclic) bond motifs is 5. The van der Waals surface area contributed by atoms with Crippen LogP contribution >= 0.6 is 0 Å². The van der Waals surface area contributed by atoms with E-state index in [9.17, 15) is 4.79 Å². The first-order valence-corrected chi connectivity index (χ1v) is 25.9. The summed E-state index contributed by atoms with van der Waals surface area (Å²) in [6.45, 7) is 7.96. The maximum atomic E-state index is 18.5. The van der Waals surface area contributed by atoms with Crippen molar-refractivity contribution in [2.45, 2.75) is 165 Å². The van der Waals surface area contributed by atoms with Crippen molar-refractivity contribution < 1.29 is 51.9 Å². The summed E-state index contributed by atoms with van der Waals surface area (Å²) in [5.74, 6) is -3.29. The normalized spacial score (nSPS) is 39.3. The van der Waals surface area contributed by atoms with Gasteiger partial charge in [-0.25, -0.2) is 9.07 Å². The summed E-state index contributed by atoms with van der Waals surface area (Å²) in [6.07, 6.45) is 3.37. The van der Waals surface area contributed by atoms with Crippen LogP contribution < -0.4 is 0 Å². The molecule has 3 aromatic rings. The minimum absolute atomic E-state index is 0.0417. The van der Waals surface area contributed by atoms with Gasteiger partial charge in [-0.05, 0) is 114 Å². The summed E-state index contributed by atoms with van der Waals surface area (Å²) < 4.78 is 70.7. The van der Waals surface area contributed by atoms with Crippen LogP contribution in [0.4, 0.5) is 4.39 Å². The minimum Gasteiger partial charge on any atom is -0.462 e. The van der Waals surface area contributed by atoms with Gasteiger partial charge in [0.15, 0.2) is 18.4 Å². The second-order valence-electron chi connectivity index (χ2n) is 21.1. The largest absolute Gasteiger partial charge is 0.462 e. The summed E-state index contributed by atoms with van der Waals surface area (Å²) in [6, 6.07) is 17.8. The molecule has 14 nitrogen and oxygen atoms in total. The number of halogens is 1. The molecule has 9 rings (SSSR count). The molecule has 70 heavy (non-hydrogen) atoms. The van der Waals surface area contributed by atoms with Gasteiger partial charge in [-0.2, -0.15) is 0 Å². The van der Waals surface area contributed by atoms with Gasteiger partial charge in [0.1, 0.15) is 36.3 Å². The fourth-order valence-electron chi connectivity index (χ4n) is 13.3. The Balaban J connectivity index is 1.05. The van der Waals surface area contributed by atoms with Gasteiger partial charge in [0, 0.05) is 50.7 Å². The third kappa shape index (κ3) is 10.2. The standard InChI is InChI=1S/C55H75FN4O10/c1-10-36-17-14-18-45(70-47-24-23-44(59(5)6)31(3)66-47)30(2)51(62)42-27-39-38-25-37(69-55-54(65-9)53(64-8)52(63-7)32(4)67-55)26-41(38)50(49(56)48(39)40(42)28-46(61)68-36)60-29-43(57-58-60)35-21-19-34(20-22-35)33-15-12-11-13-16-33/h11-13,15-16,19-22,27,29-32,36-41,44-45,47-50,52-55H,10,14,17-18,23-26,28H2,1-9H3/t30-,31?,32?,36+,37+,38+,39+,40-,41-,44+,45+,47+,48-,49+,50?,52+,53?,54+,55+/m1/s1. The first-order valence-electron chi connectivity index (χ1n) is 25.9. The van der Waals surface area contributed by atoms with E-state index in [0.717, 1.165) is 23.1 Å². The van der Waals surface area contributed by atoms with Crippen molar-refractivity contribution in [3.63, 3.8) is 0 Å². The first kappa shape index (κ1) is 51.0. The van der Waals surface area contributed by atoms with E-state index in [2.05, 4.69) is 60.5 Å². The van der Waals surface area contributed by atoms with Crippen LogP contribution in [0.3, 0.4) is 0 Å². The monoisotopic (exact) mass is 971 g/mol. The summed E-state index contributed by atoms with van der Waals surface area (Å²) >= 11 is 0. The molecule has 4 unspecified atom stereocenters. The fourth-order valence-corrected chi connectivity index (χ4v) is 13.3. The number of ether oxygens (including phenoxy) is 8. The Kier molecular flexibility index (Phi) is 16.1. The second kappa shape index (κ2) is 22.0. The Bertz CT molecular complexity index is 2260. The lowest BCUT2D eigenvalue weighted by Gasteiger charge is -2.45. The molecule has 0 amide bonds. The average Bonchev–Trinajstić information content (AvgIpc) is 4.11. The number of esters is 1. The molecule has 19 atom stereocenters. The predicted molar refractivity (Wildman–Crippen MR) is 260 cm³/mol. The molecule has 2 aromatic carbocycles. The molecule has 0 spiro atoms. The van der Waals surface area contributed by atoms with Gasteiger partial charge in [0.25, 0.3) is 0 Å². The molecule has 4 heterocycles. The number of carbonyl (C=O) groups is 2. The number of rotatable bonds is 12. The van der Waals surface area contributed by atoms with E-state index in [-0.39, 0.29) is 66.5 Å². The number of benzene rings is 2. The van der Waals surface area contributed by atoms with Crippen LogP contribution in [-0.2, 0) is 47.5 Å². The zero-order valence-corrected chi connectivity index (χ0v) is 42.4. The third-order valence-corrected chi connectivity index (χ3v) is 16.9. The summed E-state index contributed by atoms with van der Waals surface area (Å²) in [7, 11) is 8.99. The number of allylic oxidation sites excluding steroid dienone is 2. The van der Waals surface area contributed by atoms with Crippen LogP contribution in [-0.4, -0.2) is 141 Å². The molecule has 0 bridgehead atoms. The highest BCUT2D eigenvalue weighted by Gasteiger charge is 2.61. The minimum atomic E-state index is -1.50. The molecule has 2 saturated carbocycles. The zero-order chi connectivity index (χ0) is 49.4. The molecule has 3 aliphatic heterocycles. The Morgan fingerprint density at radius 2 is 1.50 bits per heavy atom. The fraction of sp³-hybridized carbons (Fsp3) is 0.673. The molecule has 3 aliphatic carbocycles. The number of hydrogen-bond donors (Lipinski definition) is 0. The van der Waals surface area contributed by atoms with Crippen molar-refractivity contribution in [3.8, 4) is 22.4 Å². The lowest BCUT2D eigenvalue weighted by atomic mass is 9.63. The van der Waals surface area contributed by atoms with Crippen molar-refractivity contribution in [2.24, 2.45) is 35.5 Å². The van der Waals surface area contributed by atoms with Crippen molar-refractivity contribution >= 4 is 11.8 Å². The van der Waals surface area contributed by atoms with E-state index in [1.165, 1.54) is 0 Å². The highest BCUT2D eigenvalue weighted by atomic mass is 19.1. The van der Waals surface area contributed by atoms with Crippen LogP contribution in [0.1, 0.15) is 91.5 Å². The number of likely N-dealkylation sites (N-methyl/N-ethyl adjacent to an activating group) is 1. The Morgan fingerprint density at radius 1 is 0.800 bits per heavy atom. The lowest BCUT2D eigenvalue weighted by molar-refractivity contribution is -0.314. The molecular formula is C55H75FN4O10. The van der Waals surface area contributed by atoms with Crippen LogP contribution in [0.5, 0.6) is 0 Å². The third-order valence-electron chi connectivity index (χ3n) is 16.9. The Labute approximate surface area is 413 Å². The lowest BCUT2D eigenvalue weighted by Crippen LogP contribution is -2.59. The van der Waals surface area contributed by atoms with Crippen LogP contribution in [0, 0.1) is 35.5 Å². The van der Waals surface area contributed by atoms with E-state index in [1.807, 2.05) is 63.4 Å². The molecule has 0 N–H and O–H groups in total. The van der Waals surface area contributed by atoms with Crippen LogP contribution in [0.2, 0.25) is 0 Å². The van der Waals surface area contributed by atoms with Crippen molar-refractivity contribution in [1.82, 2.24) is 19.9 Å². The smallest absolute Gasteiger partial charge is 0.306 e. The van der Waals surface area contributed by atoms with Gasteiger partial charge in [-0.1, -0.05) is 79.7 Å². The van der Waals surface area contributed by atoms with Crippen LogP contribution in [0.15, 0.2) is 72.4 Å². The van der Waals surface area contributed by atoms with Crippen molar-refractivity contribution in [2.75, 3.05) is 35.4 Å². The van der Waals surface area contributed by atoms with Crippen LogP contribution in [0.25, 0.3) is 22.4 Å². The van der Waals surface area contributed by atoms with Crippen molar-refractivity contribution in [1.29, 1.82) is 0 Å². The number of hydrogen-bond acceptors (Lipinski definition) is 13. The average molecular weight is 971 g/mol. The van der Waals surface area contributed by atoms with E-state index < -0.39 is 66.8 Å². The number of alkyl halides is 1. The molecule has 5 fully saturated rings. The first-order chi connectivity index (χ1) is 33.8. The Hall–Kier alpha value is -3.93. The number of carbonyl (C=O) groups excluding carboxylic acids is 2. The molecular weight excluding hydrogens is 896 g/mol.